The Morgan fingerprint density at radius 1 is 1.12 bits per heavy atom. The fourth-order valence-corrected chi connectivity index (χ4v) is 7.15. The normalized spacial score (nSPS) is 46.2. The van der Waals surface area contributed by atoms with E-state index in [4.69, 9.17) is 9.47 Å². The number of fused-ring (bicyclic) bond motifs is 3. The van der Waals surface area contributed by atoms with Gasteiger partial charge >= 0.3 is 0 Å². The van der Waals surface area contributed by atoms with Gasteiger partial charge in [-0.25, -0.2) is 0 Å². The van der Waals surface area contributed by atoms with Gasteiger partial charge in [0.05, 0.1) is 6.10 Å². The van der Waals surface area contributed by atoms with Crippen LogP contribution in [0.15, 0.2) is 12.2 Å². The highest BCUT2D eigenvalue weighted by atomic mass is 16.7. The molecule has 3 rings (SSSR count). The molecule has 0 spiro atoms. The molecule has 0 amide bonds. The van der Waals surface area contributed by atoms with Crippen molar-refractivity contribution in [3.63, 3.8) is 0 Å². The molecule has 0 aliphatic heterocycles. The van der Waals surface area contributed by atoms with Gasteiger partial charge in [-0.2, -0.15) is 0 Å². The van der Waals surface area contributed by atoms with Gasteiger partial charge in [-0.1, -0.05) is 40.7 Å². The van der Waals surface area contributed by atoms with E-state index < -0.39 is 0 Å². The SMILES string of the molecule is C=C1[C@@H](OCOC)C[C@H]2[C@@](C)(CC[C@H]3C(C)(C)CCC[C@]23C)[C@@H]1C=O. The number of hydrogen-bond acceptors (Lipinski definition) is 3. The molecule has 3 aliphatic carbocycles. The Hall–Kier alpha value is -0.670. The lowest BCUT2D eigenvalue weighted by atomic mass is 9.39. The van der Waals surface area contributed by atoms with Crippen LogP contribution in [0, 0.1) is 34.0 Å². The maximum atomic E-state index is 12.1. The Morgan fingerprint density at radius 2 is 1.84 bits per heavy atom. The van der Waals surface area contributed by atoms with E-state index in [9.17, 15) is 4.79 Å². The maximum absolute atomic E-state index is 12.1. The van der Waals surface area contributed by atoms with Crippen LogP contribution in [0.25, 0.3) is 0 Å². The van der Waals surface area contributed by atoms with E-state index in [1.165, 1.54) is 25.7 Å². The number of ether oxygens (including phenoxy) is 2. The number of aldehydes is 1. The molecule has 0 bridgehead atoms. The number of hydrogen-bond donors (Lipinski definition) is 0. The first-order chi connectivity index (χ1) is 11.7. The molecule has 0 heterocycles. The molecule has 0 saturated heterocycles. The Kier molecular flexibility index (Phi) is 4.96. The van der Waals surface area contributed by atoms with Gasteiger partial charge in [0.1, 0.15) is 13.1 Å². The van der Waals surface area contributed by atoms with Crippen LogP contribution in [0.1, 0.15) is 66.2 Å². The summed E-state index contributed by atoms with van der Waals surface area (Å²) in [6.07, 6.45) is 8.32. The first kappa shape index (κ1) is 19.1. The van der Waals surface area contributed by atoms with Crippen molar-refractivity contribution in [2.45, 2.75) is 72.3 Å². The van der Waals surface area contributed by atoms with Crippen molar-refractivity contribution in [3.05, 3.63) is 12.2 Å². The molecule has 6 atom stereocenters. The van der Waals surface area contributed by atoms with Crippen molar-refractivity contribution in [1.82, 2.24) is 0 Å². The third-order valence-corrected chi connectivity index (χ3v) is 8.34. The predicted octanol–water partition coefficient (Wildman–Crippen LogP) is 5.00. The summed E-state index contributed by atoms with van der Waals surface area (Å²) in [5.74, 6) is 1.13. The number of methoxy groups -OCH3 is 1. The molecular formula is C22H36O3. The molecule has 3 heteroatoms. The lowest BCUT2D eigenvalue weighted by Gasteiger charge is -2.66. The zero-order valence-corrected chi connectivity index (χ0v) is 16.8. The summed E-state index contributed by atoms with van der Waals surface area (Å²) >= 11 is 0. The van der Waals surface area contributed by atoms with Crippen molar-refractivity contribution in [1.29, 1.82) is 0 Å². The van der Waals surface area contributed by atoms with Crippen molar-refractivity contribution < 1.29 is 14.3 Å². The predicted molar refractivity (Wildman–Crippen MR) is 100 cm³/mol. The van der Waals surface area contributed by atoms with E-state index in [-0.39, 0.29) is 29.6 Å². The van der Waals surface area contributed by atoms with Gasteiger partial charge in [0.25, 0.3) is 0 Å². The van der Waals surface area contributed by atoms with Crippen LogP contribution < -0.4 is 0 Å². The molecule has 25 heavy (non-hydrogen) atoms. The Bertz CT molecular complexity index is 539. The zero-order valence-electron chi connectivity index (χ0n) is 16.8. The van der Waals surface area contributed by atoms with E-state index in [1.54, 1.807) is 7.11 Å². The molecule has 0 N–H and O–H groups in total. The summed E-state index contributed by atoms with van der Waals surface area (Å²) in [7, 11) is 1.65. The van der Waals surface area contributed by atoms with Crippen LogP contribution in [-0.4, -0.2) is 26.3 Å². The fraction of sp³-hybridized carbons (Fsp3) is 0.864. The monoisotopic (exact) mass is 348 g/mol. The van der Waals surface area contributed by atoms with Gasteiger partial charge in [0.2, 0.25) is 0 Å². The average Bonchev–Trinajstić information content (AvgIpc) is 2.52. The fourth-order valence-electron chi connectivity index (χ4n) is 7.15. The second-order valence-corrected chi connectivity index (χ2v) is 9.98. The second kappa shape index (κ2) is 6.49. The third-order valence-electron chi connectivity index (χ3n) is 8.34. The molecular weight excluding hydrogens is 312 g/mol. The molecule has 3 fully saturated rings. The van der Waals surface area contributed by atoms with Gasteiger partial charge < -0.3 is 14.3 Å². The smallest absolute Gasteiger partial charge is 0.147 e. The summed E-state index contributed by atoms with van der Waals surface area (Å²) < 4.78 is 11.1. The van der Waals surface area contributed by atoms with E-state index in [2.05, 4.69) is 34.3 Å². The zero-order chi connectivity index (χ0) is 18.5. The largest absolute Gasteiger partial charge is 0.359 e. The van der Waals surface area contributed by atoms with Crippen molar-refractivity contribution in [2.24, 2.45) is 34.0 Å². The quantitative estimate of drug-likeness (QED) is 0.407. The summed E-state index contributed by atoms with van der Waals surface area (Å²) in [5.41, 5.74) is 1.65. The highest BCUT2D eigenvalue weighted by Crippen LogP contribution is 2.68. The molecule has 3 nitrogen and oxygen atoms in total. The van der Waals surface area contributed by atoms with Crippen LogP contribution in [-0.2, 0) is 14.3 Å². The van der Waals surface area contributed by atoms with Crippen LogP contribution in [0.5, 0.6) is 0 Å². The standard InChI is InChI=1S/C22H36O3/c1-15-16(13-23)21(4)11-8-18-20(2,3)9-7-10-22(18,5)19(21)12-17(15)25-14-24-6/h13,16-19H,1,7-12,14H2,2-6H3/t16-,17+,18+,19+,21+,22+/m1/s1. The van der Waals surface area contributed by atoms with Crippen LogP contribution in [0.3, 0.4) is 0 Å². The Morgan fingerprint density at radius 3 is 2.48 bits per heavy atom. The van der Waals surface area contributed by atoms with E-state index in [0.717, 1.165) is 30.6 Å². The second-order valence-electron chi connectivity index (χ2n) is 9.98. The molecule has 0 aromatic rings. The highest BCUT2D eigenvalue weighted by molar-refractivity contribution is 5.62. The Labute approximate surface area is 153 Å². The van der Waals surface area contributed by atoms with Crippen molar-refractivity contribution in [3.8, 4) is 0 Å². The number of rotatable bonds is 4. The van der Waals surface area contributed by atoms with Crippen LogP contribution >= 0.6 is 0 Å². The molecule has 0 aromatic heterocycles. The first-order valence-electron chi connectivity index (χ1n) is 9.95. The number of carbonyl (C=O) groups excluding carboxylic acids is 1. The lowest BCUT2D eigenvalue weighted by molar-refractivity contribution is -0.179. The van der Waals surface area contributed by atoms with Gasteiger partial charge in [-0.3, -0.25) is 0 Å². The molecule has 0 radical (unpaired) electrons. The summed E-state index contributed by atoms with van der Waals surface area (Å²) in [5, 5.41) is 0. The van der Waals surface area contributed by atoms with Crippen molar-refractivity contribution >= 4 is 6.29 Å². The van der Waals surface area contributed by atoms with E-state index in [0.29, 0.717) is 11.3 Å². The Balaban J connectivity index is 1.99. The molecule has 0 unspecified atom stereocenters. The van der Waals surface area contributed by atoms with Gasteiger partial charge in [-0.05, 0) is 65.8 Å². The molecule has 3 aliphatic rings. The molecule has 3 saturated carbocycles. The minimum atomic E-state index is -0.101. The van der Waals surface area contributed by atoms with Gasteiger partial charge in [0, 0.05) is 13.0 Å². The van der Waals surface area contributed by atoms with Gasteiger partial charge in [-0.15, -0.1) is 0 Å². The van der Waals surface area contributed by atoms with Crippen molar-refractivity contribution in [2.75, 3.05) is 13.9 Å². The summed E-state index contributed by atoms with van der Waals surface area (Å²) in [4.78, 5) is 12.1. The minimum absolute atomic E-state index is 0.0183. The summed E-state index contributed by atoms with van der Waals surface area (Å²) in [6, 6.07) is 0. The van der Waals surface area contributed by atoms with Gasteiger partial charge in [0.15, 0.2) is 0 Å². The summed E-state index contributed by atoms with van der Waals surface area (Å²) in [6.45, 7) is 14.3. The van der Waals surface area contributed by atoms with Crippen LogP contribution in [0.2, 0.25) is 0 Å². The topological polar surface area (TPSA) is 35.5 Å². The minimum Gasteiger partial charge on any atom is -0.359 e. The lowest BCUT2D eigenvalue weighted by Crippen LogP contribution is -2.60. The third kappa shape index (κ3) is 2.82. The molecule has 142 valence electrons. The number of carbonyl (C=O) groups is 1. The van der Waals surface area contributed by atoms with E-state index in [1.807, 2.05) is 0 Å². The first-order valence-corrected chi connectivity index (χ1v) is 9.95. The van der Waals surface area contributed by atoms with Crippen LogP contribution in [0.4, 0.5) is 0 Å². The maximum Gasteiger partial charge on any atom is 0.147 e. The van der Waals surface area contributed by atoms with E-state index >= 15 is 0 Å². The average molecular weight is 349 g/mol. The highest BCUT2D eigenvalue weighted by Gasteiger charge is 2.62. The molecule has 0 aromatic carbocycles.